The Hall–Kier alpha value is -2.02. The van der Waals surface area contributed by atoms with E-state index in [4.69, 9.17) is 5.11 Å². The highest BCUT2D eigenvalue weighted by molar-refractivity contribution is 8.00. The molecule has 1 aromatic carbocycles. The smallest absolute Gasteiger partial charge is 0.306 e. The van der Waals surface area contributed by atoms with Gasteiger partial charge in [0.05, 0.1) is 16.9 Å². The van der Waals surface area contributed by atoms with Gasteiger partial charge in [0.2, 0.25) is 5.91 Å². The average Bonchev–Trinajstić information content (AvgIpc) is 2.56. The number of amides is 2. The number of hydrogen-bond donors (Lipinski definition) is 3. The molecule has 2 amide bonds. The summed E-state index contributed by atoms with van der Waals surface area (Å²) in [5, 5.41) is 14.7. The first-order valence-corrected chi connectivity index (χ1v) is 8.97. The maximum absolute atomic E-state index is 12.4. The van der Waals surface area contributed by atoms with Crippen molar-refractivity contribution in [2.45, 2.75) is 48.8 Å². The Balaban J connectivity index is 1.63. The van der Waals surface area contributed by atoms with E-state index >= 15 is 0 Å². The largest absolute Gasteiger partial charge is 0.481 e. The summed E-state index contributed by atoms with van der Waals surface area (Å²) in [4.78, 5) is 36.1. The van der Waals surface area contributed by atoms with E-state index in [0.29, 0.717) is 36.9 Å². The first-order chi connectivity index (χ1) is 11.4. The molecule has 1 fully saturated rings. The average molecular weight is 348 g/mol. The molecule has 3 N–H and O–H groups in total. The maximum Gasteiger partial charge on any atom is 0.306 e. The van der Waals surface area contributed by atoms with Gasteiger partial charge in [-0.2, -0.15) is 0 Å². The van der Waals surface area contributed by atoms with Crippen molar-refractivity contribution in [2.75, 3.05) is 5.32 Å². The molecule has 1 atom stereocenters. The monoisotopic (exact) mass is 348 g/mol. The van der Waals surface area contributed by atoms with Crippen LogP contribution in [0.1, 0.15) is 43.0 Å². The van der Waals surface area contributed by atoms with Gasteiger partial charge in [-0.15, -0.1) is 11.8 Å². The number of carboxylic acids is 1. The number of nitrogens with one attached hydrogen (secondary N) is 2. The van der Waals surface area contributed by atoms with Crippen LogP contribution >= 0.6 is 11.8 Å². The van der Waals surface area contributed by atoms with Crippen LogP contribution in [0.2, 0.25) is 0 Å². The van der Waals surface area contributed by atoms with E-state index in [9.17, 15) is 14.4 Å². The lowest BCUT2D eigenvalue weighted by Gasteiger charge is -2.27. The molecule has 1 saturated carbocycles. The summed E-state index contributed by atoms with van der Waals surface area (Å²) in [7, 11) is 0. The fourth-order valence-electron chi connectivity index (χ4n) is 3.10. The Bertz CT molecular complexity index is 683. The molecule has 1 aliphatic heterocycles. The molecule has 0 aromatic heterocycles. The number of hydrogen-bond acceptors (Lipinski definition) is 4. The van der Waals surface area contributed by atoms with Gasteiger partial charge in [-0.3, -0.25) is 14.4 Å². The third-order valence-electron chi connectivity index (χ3n) is 4.58. The van der Waals surface area contributed by atoms with Crippen LogP contribution in [0, 0.1) is 5.92 Å². The zero-order chi connectivity index (χ0) is 17.3. The summed E-state index contributed by atoms with van der Waals surface area (Å²) in [5.41, 5.74) is 1.18. The molecule has 1 unspecified atom stereocenters. The van der Waals surface area contributed by atoms with Crippen LogP contribution in [-0.2, 0) is 9.59 Å². The van der Waals surface area contributed by atoms with Crippen molar-refractivity contribution in [1.82, 2.24) is 5.32 Å². The van der Waals surface area contributed by atoms with Crippen LogP contribution in [0.15, 0.2) is 23.1 Å². The topological polar surface area (TPSA) is 95.5 Å². The molecular weight excluding hydrogens is 328 g/mol. The molecule has 1 aromatic rings. The van der Waals surface area contributed by atoms with E-state index in [1.807, 2.05) is 13.0 Å². The predicted molar refractivity (Wildman–Crippen MR) is 91.2 cm³/mol. The molecule has 1 aliphatic carbocycles. The van der Waals surface area contributed by atoms with Gasteiger partial charge in [0.15, 0.2) is 0 Å². The van der Waals surface area contributed by atoms with Gasteiger partial charge in [0.25, 0.3) is 5.91 Å². The Morgan fingerprint density at radius 2 is 1.96 bits per heavy atom. The highest BCUT2D eigenvalue weighted by Crippen LogP contribution is 2.36. The molecule has 0 spiro atoms. The lowest BCUT2D eigenvalue weighted by Crippen LogP contribution is -2.38. The van der Waals surface area contributed by atoms with Crippen molar-refractivity contribution in [3.8, 4) is 0 Å². The first-order valence-electron chi connectivity index (χ1n) is 8.09. The van der Waals surface area contributed by atoms with Crippen LogP contribution < -0.4 is 10.6 Å². The van der Waals surface area contributed by atoms with Crippen molar-refractivity contribution in [2.24, 2.45) is 5.92 Å². The van der Waals surface area contributed by atoms with E-state index in [0.717, 1.165) is 4.90 Å². The SMILES string of the molecule is CC1Sc2ccc(C(=O)NC3CCC(C(=O)O)CC3)cc2NC1=O. The summed E-state index contributed by atoms with van der Waals surface area (Å²) in [6.07, 6.45) is 2.54. The molecule has 6 nitrogen and oxygen atoms in total. The maximum atomic E-state index is 12.4. The minimum absolute atomic E-state index is 0.00752. The first kappa shape index (κ1) is 16.8. The summed E-state index contributed by atoms with van der Waals surface area (Å²) in [5.74, 6) is -1.29. The van der Waals surface area contributed by atoms with E-state index < -0.39 is 5.97 Å². The Kier molecular flexibility index (Phi) is 4.80. The second kappa shape index (κ2) is 6.84. The molecule has 1 heterocycles. The lowest BCUT2D eigenvalue weighted by atomic mass is 9.86. The molecule has 2 aliphatic rings. The second-order valence-electron chi connectivity index (χ2n) is 6.32. The molecular formula is C17H20N2O4S. The van der Waals surface area contributed by atoms with E-state index in [2.05, 4.69) is 10.6 Å². The van der Waals surface area contributed by atoms with Gasteiger partial charge < -0.3 is 15.7 Å². The van der Waals surface area contributed by atoms with Crippen molar-refractivity contribution in [3.63, 3.8) is 0 Å². The Morgan fingerprint density at radius 1 is 1.25 bits per heavy atom. The van der Waals surface area contributed by atoms with Crippen LogP contribution in [0.25, 0.3) is 0 Å². The highest BCUT2D eigenvalue weighted by Gasteiger charge is 2.28. The zero-order valence-corrected chi connectivity index (χ0v) is 14.2. The quantitative estimate of drug-likeness (QED) is 0.780. The van der Waals surface area contributed by atoms with Gasteiger partial charge in [0, 0.05) is 16.5 Å². The fraction of sp³-hybridized carbons (Fsp3) is 0.471. The van der Waals surface area contributed by atoms with Crippen molar-refractivity contribution in [1.29, 1.82) is 0 Å². The third kappa shape index (κ3) is 3.56. The summed E-state index contributed by atoms with van der Waals surface area (Å²) < 4.78 is 0. The Morgan fingerprint density at radius 3 is 2.62 bits per heavy atom. The number of anilines is 1. The van der Waals surface area contributed by atoms with Crippen molar-refractivity contribution >= 4 is 35.2 Å². The van der Waals surface area contributed by atoms with Crippen LogP contribution in [0.3, 0.4) is 0 Å². The molecule has 0 bridgehead atoms. The number of carboxylic acid groups (broad SMARTS) is 1. The highest BCUT2D eigenvalue weighted by atomic mass is 32.2. The molecule has 128 valence electrons. The third-order valence-corrected chi connectivity index (χ3v) is 5.76. The summed E-state index contributed by atoms with van der Waals surface area (Å²) >= 11 is 1.48. The number of rotatable bonds is 3. The van der Waals surface area contributed by atoms with Crippen LogP contribution in [-0.4, -0.2) is 34.2 Å². The summed E-state index contributed by atoms with van der Waals surface area (Å²) in [6, 6.07) is 5.32. The lowest BCUT2D eigenvalue weighted by molar-refractivity contribution is -0.142. The van der Waals surface area contributed by atoms with E-state index in [1.165, 1.54) is 11.8 Å². The van der Waals surface area contributed by atoms with Gasteiger partial charge >= 0.3 is 5.97 Å². The molecule has 0 saturated heterocycles. The number of benzene rings is 1. The van der Waals surface area contributed by atoms with Crippen molar-refractivity contribution < 1.29 is 19.5 Å². The number of aliphatic carboxylic acids is 1. The predicted octanol–water partition coefficient (Wildman–Crippen LogP) is 2.49. The standard InChI is InChI=1S/C17H20N2O4S/c1-9-15(20)19-13-8-11(4-7-14(13)24-9)16(21)18-12-5-2-10(3-6-12)17(22)23/h4,7-10,12H,2-3,5-6H2,1H3,(H,18,21)(H,19,20)(H,22,23). The van der Waals surface area contributed by atoms with Gasteiger partial charge in [0.1, 0.15) is 0 Å². The number of carbonyl (C=O) groups excluding carboxylic acids is 2. The van der Waals surface area contributed by atoms with Gasteiger partial charge in [-0.1, -0.05) is 0 Å². The number of thioether (sulfide) groups is 1. The van der Waals surface area contributed by atoms with Gasteiger partial charge in [-0.25, -0.2) is 0 Å². The number of carbonyl (C=O) groups is 3. The molecule has 24 heavy (non-hydrogen) atoms. The number of fused-ring (bicyclic) bond motifs is 1. The van der Waals surface area contributed by atoms with Gasteiger partial charge in [-0.05, 0) is 50.8 Å². The Labute approximate surface area is 144 Å². The minimum atomic E-state index is -0.753. The van der Waals surface area contributed by atoms with Crippen LogP contribution in [0.4, 0.5) is 5.69 Å². The van der Waals surface area contributed by atoms with E-state index in [1.54, 1.807) is 12.1 Å². The summed E-state index contributed by atoms with van der Waals surface area (Å²) in [6.45, 7) is 1.84. The molecule has 0 radical (unpaired) electrons. The second-order valence-corrected chi connectivity index (χ2v) is 7.70. The zero-order valence-electron chi connectivity index (χ0n) is 13.4. The fourth-order valence-corrected chi connectivity index (χ4v) is 4.03. The normalized spacial score (nSPS) is 26.2. The molecule has 7 heteroatoms. The van der Waals surface area contributed by atoms with E-state index in [-0.39, 0.29) is 29.0 Å². The molecule has 3 rings (SSSR count). The van der Waals surface area contributed by atoms with Crippen LogP contribution in [0.5, 0.6) is 0 Å². The van der Waals surface area contributed by atoms with Crippen molar-refractivity contribution in [3.05, 3.63) is 23.8 Å². The minimum Gasteiger partial charge on any atom is -0.481 e.